The molecule has 2 heterocycles. The summed E-state index contributed by atoms with van der Waals surface area (Å²) in [4.78, 5) is 11.5. The van der Waals surface area contributed by atoms with Crippen molar-refractivity contribution in [2.75, 3.05) is 13.2 Å². The first kappa shape index (κ1) is 20.7. The lowest BCUT2D eigenvalue weighted by Crippen LogP contribution is -2.33. The minimum atomic E-state index is -0.137. The Kier molecular flexibility index (Phi) is 5.72. The maximum Gasteiger partial charge on any atom is 0.129 e. The molecule has 0 spiro atoms. The predicted octanol–water partition coefficient (Wildman–Crippen LogP) is 6.33. The average molecular weight is 410 g/mol. The highest BCUT2D eigenvalue weighted by molar-refractivity contribution is 5.56. The summed E-state index contributed by atoms with van der Waals surface area (Å²) in [5.41, 5.74) is 3.57. The quantitative estimate of drug-likeness (QED) is 0.523. The predicted molar refractivity (Wildman–Crippen MR) is 118 cm³/mol. The molecule has 0 fully saturated rings. The van der Waals surface area contributed by atoms with Gasteiger partial charge in [-0.15, -0.1) is 4.91 Å². The normalized spacial score (nSPS) is 19.3. The molecule has 30 heavy (non-hydrogen) atoms. The van der Waals surface area contributed by atoms with Crippen LogP contribution >= 0.6 is 0 Å². The lowest BCUT2D eigenvalue weighted by molar-refractivity contribution is 0.0827. The van der Waals surface area contributed by atoms with Crippen LogP contribution in [-0.2, 0) is 12.8 Å². The lowest BCUT2D eigenvalue weighted by atomic mass is 9.86. The molecule has 0 aliphatic carbocycles. The number of nitrogens with zero attached hydrogens (tertiary/aromatic N) is 1. The van der Waals surface area contributed by atoms with Gasteiger partial charge in [0.2, 0.25) is 0 Å². The lowest BCUT2D eigenvalue weighted by Gasteiger charge is -2.35. The monoisotopic (exact) mass is 409 g/mol. The van der Waals surface area contributed by atoms with E-state index < -0.39 is 0 Å². The summed E-state index contributed by atoms with van der Waals surface area (Å²) in [5.74, 6) is 3.26. The second-order valence-corrected chi connectivity index (χ2v) is 9.45. The van der Waals surface area contributed by atoms with E-state index in [-0.39, 0.29) is 11.5 Å². The van der Waals surface area contributed by atoms with Gasteiger partial charge in [-0.05, 0) is 73.9 Å². The molecule has 0 saturated heterocycles. The molecule has 0 aromatic heterocycles. The van der Waals surface area contributed by atoms with Crippen molar-refractivity contribution in [1.29, 1.82) is 0 Å². The van der Waals surface area contributed by atoms with Crippen molar-refractivity contribution >= 4 is 5.69 Å². The van der Waals surface area contributed by atoms with Crippen LogP contribution in [0.4, 0.5) is 5.69 Å². The Morgan fingerprint density at radius 1 is 1.23 bits per heavy atom. The Hall–Kier alpha value is -2.56. The maximum absolute atomic E-state index is 11.5. The molecule has 0 N–H and O–H groups in total. The minimum absolute atomic E-state index is 0.0916. The molecule has 0 amide bonds. The first-order chi connectivity index (χ1) is 14.4. The summed E-state index contributed by atoms with van der Waals surface area (Å²) in [6, 6.07) is 9.80. The molecule has 5 nitrogen and oxygen atoms in total. The molecular weight excluding hydrogens is 378 g/mol. The molecule has 2 aromatic rings. The topological polar surface area (TPSA) is 57.1 Å². The van der Waals surface area contributed by atoms with Crippen LogP contribution in [-0.4, -0.2) is 18.8 Å². The van der Waals surface area contributed by atoms with Gasteiger partial charge in [-0.3, -0.25) is 0 Å². The van der Waals surface area contributed by atoms with Gasteiger partial charge >= 0.3 is 0 Å². The van der Waals surface area contributed by atoms with Crippen LogP contribution < -0.4 is 14.2 Å². The van der Waals surface area contributed by atoms with Gasteiger partial charge in [0.25, 0.3) is 0 Å². The van der Waals surface area contributed by atoms with Crippen molar-refractivity contribution < 1.29 is 14.2 Å². The Balaban J connectivity index is 1.53. The summed E-state index contributed by atoms with van der Waals surface area (Å²) in [5, 5.41) is 3.29. The third-order valence-corrected chi connectivity index (χ3v) is 6.06. The molecule has 2 aromatic carbocycles. The molecule has 5 heteroatoms. The zero-order chi connectivity index (χ0) is 21.3. The van der Waals surface area contributed by atoms with Gasteiger partial charge < -0.3 is 14.2 Å². The Morgan fingerprint density at radius 3 is 2.83 bits per heavy atom. The third-order valence-electron chi connectivity index (χ3n) is 6.06. The number of nitroso groups, excluding NO2 is 1. The number of fused-ring (bicyclic) bond motifs is 3. The molecule has 1 atom stereocenters. The van der Waals surface area contributed by atoms with Crippen LogP contribution in [0.1, 0.15) is 63.1 Å². The summed E-state index contributed by atoms with van der Waals surface area (Å²) in [6.07, 6.45) is 3.73. The van der Waals surface area contributed by atoms with Crippen LogP contribution in [0.3, 0.4) is 0 Å². The highest BCUT2D eigenvalue weighted by Crippen LogP contribution is 2.45. The average Bonchev–Trinajstić information content (AvgIpc) is 2.72. The number of hydrogen-bond donors (Lipinski definition) is 0. The zero-order valence-electron chi connectivity index (χ0n) is 18.4. The molecular formula is C25H31NO4. The fraction of sp³-hybridized carbons (Fsp3) is 0.520. The van der Waals surface area contributed by atoms with Gasteiger partial charge in [-0.1, -0.05) is 26.0 Å². The van der Waals surface area contributed by atoms with Gasteiger partial charge in [-0.2, -0.15) is 0 Å². The molecule has 2 aliphatic rings. The minimum Gasteiger partial charge on any atom is -0.494 e. The van der Waals surface area contributed by atoms with E-state index >= 15 is 0 Å². The van der Waals surface area contributed by atoms with Crippen molar-refractivity contribution in [2.24, 2.45) is 11.1 Å². The Morgan fingerprint density at radius 2 is 2.07 bits per heavy atom. The van der Waals surface area contributed by atoms with Gasteiger partial charge in [-0.25, -0.2) is 0 Å². The first-order valence-electron chi connectivity index (χ1n) is 10.9. The van der Waals surface area contributed by atoms with E-state index in [4.69, 9.17) is 14.2 Å². The fourth-order valence-electron chi connectivity index (χ4n) is 4.26. The first-order valence-corrected chi connectivity index (χ1v) is 10.9. The highest BCUT2D eigenvalue weighted by Gasteiger charge is 2.32. The summed E-state index contributed by atoms with van der Waals surface area (Å²) < 4.78 is 18.2. The van der Waals surface area contributed by atoms with Gasteiger partial charge in [0, 0.05) is 17.5 Å². The molecule has 1 unspecified atom stereocenters. The number of hydrogen-bond acceptors (Lipinski definition) is 5. The summed E-state index contributed by atoms with van der Waals surface area (Å²) in [6.45, 7) is 9.74. The largest absolute Gasteiger partial charge is 0.494 e. The van der Waals surface area contributed by atoms with Crippen molar-refractivity contribution in [3.8, 4) is 17.2 Å². The van der Waals surface area contributed by atoms with E-state index in [9.17, 15) is 4.91 Å². The molecule has 160 valence electrons. The SMILES string of the molecule is CC(C)CCOc1ccc(C2COc3c(ccc4c3CCC(C)(C)O4)C2)c(N=O)c1. The smallest absolute Gasteiger partial charge is 0.129 e. The standard InChI is InChI=1S/C25H31NO4/c1-16(2)10-12-28-19-6-7-20(22(14-19)26-27)18-13-17-5-8-23-21(24(17)29-15-18)9-11-25(3,4)30-23/h5-8,14,16,18H,9-13,15H2,1-4H3. The summed E-state index contributed by atoms with van der Waals surface area (Å²) >= 11 is 0. The number of benzene rings is 2. The molecule has 2 aliphatic heterocycles. The van der Waals surface area contributed by atoms with E-state index in [2.05, 4.69) is 45.0 Å². The molecule has 0 saturated carbocycles. The van der Waals surface area contributed by atoms with Gasteiger partial charge in [0.05, 0.1) is 13.2 Å². The Bertz CT molecular complexity index is 935. The summed E-state index contributed by atoms with van der Waals surface area (Å²) in [7, 11) is 0. The van der Waals surface area contributed by atoms with Gasteiger partial charge in [0.15, 0.2) is 0 Å². The van der Waals surface area contributed by atoms with Crippen molar-refractivity contribution in [2.45, 2.75) is 64.9 Å². The van der Waals surface area contributed by atoms with Crippen LogP contribution in [0.25, 0.3) is 0 Å². The number of ether oxygens (including phenoxy) is 3. The van der Waals surface area contributed by atoms with Crippen molar-refractivity contribution in [3.63, 3.8) is 0 Å². The third kappa shape index (κ3) is 4.30. The molecule has 4 rings (SSSR count). The van der Waals surface area contributed by atoms with Crippen LogP contribution in [0, 0.1) is 10.8 Å². The van der Waals surface area contributed by atoms with E-state index in [1.165, 1.54) is 11.1 Å². The molecule has 0 radical (unpaired) electrons. The fourth-order valence-corrected chi connectivity index (χ4v) is 4.26. The van der Waals surface area contributed by atoms with Crippen LogP contribution in [0.2, 0.25) is 0 Å². The zero-order valence-corrected chi connectivity index (χ0v) is 18.4. The van der Waals surface area contributed by atoms with Gasteiger partial charge in [0.1, 0.15) is 28.5 Å². The maximum atomic E-state index is 11.5. The van der Waals surface area contributed by atoms with Crippen LogP contribution in [0.15, 0.2) is 35.5 Å². The molecule has 0 bridgehead atoms. The van der Waals surface area contributed by atoms with Crippen molar-refractivity contribution in [1.82, 2.24) is 0 Å². The van der Waals surface area contributed by atoms with Crippen molar-refractivity contribution in [3.05, 3.63) is 51.9 Å². The van der Waals surface area contributed by atoms with Crippen LogP contribution in [0.5, 0.6) is 17.2 Å². The van der Waals surface area contributed by atoms with E-state index in [0.717, 1.165) is 42.7 Å². The highest BCUT2D eigenvalue weighted by atomic mass is 16.5. The van der Waals surface area contributed by atoms with E-state index in [0.29, 0.717) is 30.6 Å². The van der Waals surface area contributed by atoms with E-state index in [1.54, 1.807) is 6.07 Å². The second-order valence-electron chi connectivity index (χ2n) is 9.45. The van der Waals surface area contributed by atoms with E-state index in [1.807, 2.05) is 12.1 Å². The number of rotatable bonds is 6. The second kappa shape index (κ2) is 8.29. The Labute approximate surface area is 178 Å².